The standard InChI is InChI=1S/C8H17FN2/c1-2-11-4-3-7(6-11)8(9)5-10/h7-8H,2-6,10H2,1H3. The maximum atomic E-state index is 13.0. The predicted octanol–water partition coefficient (Wildman–Crippen LogP) is 0.625. The third-order valence-electron chi connectivity index (χ3n) is 2.49. The number of nitrogens with zero attached hydrogens (tertiary/aromatic N) is 1. The molecular weight excluding hydrogens is 143 g/mol. The van der Waals surface area contributed by atoms with Gasteiger partial charge in [0, 0.05) is 19.0 Å². The first-order valence-electron chi connectivity index (χ1n) is 4.34. The molecule has 0 bridgehead atoms. The van der Waals surface area contributed by atoms with Gasteiger partial charge in [0.05, 0.1) is 0 Å². The van der Waals surface area contributed by atoms with Crippen LogP contribution in [0.4, 0.5) is 4.39 Å². The topological polar surface area (TPSA) is 29.3 Å². The van der Waals surface area contributed by atoms with Crippen LogP contribution in [0, 0.1) is 5.92 Å². The van der Waals surface area contributed by atoms with Crippen LogP contribution in [0.15, 0.2) is 0 Å². The highest BCUT2D eigenvalue weighted by Gasteiger charge is 2.27. The molecule has 1 aliphatic heterocycles. The minimum absolute atomic E-state index is 0.183. The van der Waals surface area contributed by atoms with Crippen LogP contribution in [0.25, 0.3) is 0 Å². The van der Waals surface area contributed by atoms with Crippen molar-refractivity contribution in [1.82, 2.24) is 4.90 Å². The van der Waals surface area contributed by atoms with Gasteiger partial charge in [0.1, 0.15) is 6.17 Å². The molecule has 2 atom stereocenters. The Morgan fingerprint density at radius 3 is 2.91 bits per heavy atom. The van der Waals surface area contributed by atoms with Crippen molar-refractivity contribution in [3.8, 4) is 0 Å². The van der Waals surface area contributed by atoms with E-state index in [9.17, 15) is 4.39 Å². The molecule has 0 aromatic rings. The predicted molar refractivity (Wildman–Crippen MR) is 44.2 cm³/mol. The van der Waals surface area contributed by atoms with Crippen molar-refractivity contribution >= 4 is 0 Å². The van der Waals surface area contributed by atoms with Crippen LogP contribution < -0.4 is 5.73 Å². The Kier molecular flexibility index (Phi) is 3.27. The van der Waals surface area contributed by atoms with Gasteiger partial charge in [-0.25, -0.2) is 4.39 Å². The summed E-state index contributed by atoms with van der Waals surface area (Å²) in [4.78, 5) is 2.27. The van der Waals surface area contributed by atoms with Crippen LogP contribution in [-0.4, -0.2) is 37.3 Å². The summed E-state index contributed by atoms with van der Waals surface area (Å²) in [5.74, 6) is 0.194. The Hall–Kier alpha value is -0.150. The van der Waals surface area contributed by atoms with Gasteiger partial charge in [-0.1, -0.05) is 6.92 Å². The molecule has 1 heterocycles. The highest BCUT2D eigenvalue weighted by Crippen LogP contribution is 2.20. The number of hydrogen-bond donors (Lipinski definition) is 1. The lowest BCUT2D eigenvalue weighted by Gasteiger charge is -2.15. The Morgan fingerprint density at radius 2 is 2.45 bits per heavy atom. The van der Waals surface area contributed by atoms with E-state index in [1.54, 1.807) is 0 Å². The van der Waals surface area contributed by atoms with Crippen molar-refractivity contribution in [2.45, 2.75) is 19.5 Å². The van der Waals surface area contributed by atoms with Gasteiger partial charge in [-0.3, -0.25) is 0 Å². The summed E-state index contributed by atoms with van der Waals surface area (Å²) < 4.78 is 13.0. The zero-order chi connectivity index (χ0) is 8.27. The Bertz CT molecular complexity index is 119. The van der Waals surface area contributed by atoms with E-state index >= 15 is 0 Å². The fourth-order valence-corrected chi connectivity index (χ4v) is 1.64. The fourth-order valence-electron chi connectivity index (χ4n) is 1.64. The molecule has 0 saturated carbocycles. The highest BCUT2D eigenvalue weighted by molar-refractivity contribution is 4.80. The third kappa shape index (κ3) is 2.14. The van der Waals surface area contributed by atoms with Gasteiger partial charge in [0.15, 0.2) is 0 Å². The van der Waals surface area contributed by atoms with Gasteiger partial charge in [-0.05, 0) is 19.5 Å². The molecule has 2 nitrogen and oxygen atoms in total. The zero-order valence-corrected chi connectivity index (χ0v) is 7.09. The molecule has 0 aromatic carbocycles. The summed E-state index contributed by atoms with van der Waals surface area (Å²) >= 11 is 0. The van der Waals surface area contributed by atoms with Crippen molar-refractivity contribution in [2.75, 3.05) is 26.2 Å². The molecule has 11 heavy (non-hydrogen) atoms. The lowest BCUT2D eigenvalue weighted by atomic mass is 10.0. The molecule has 3 heteroatoms. The van der Waals surface area contributed by atoms with Crippen LogP contribution in [0.3, 0.4) is 0 Å². The van der Waals surface area contributed by atoms with E-state index in [4.69, 9.17) is 5.73 Å². The van der Waals surface area contributed by atoms with Crippen LogP contribution in [0.1, 0.15) is 13.3 Å². The quantitative estimate of drug-likeness (QED) is 0.656. The van der Waals surface area contributed by atoms with Crippen molar-refractivity contribution in [1.29, 1.82) is 0 Å². The van der Waals surface area contributed by atoms with Crippen molar-refractivity contribution in [2.24, 2.45) is 11.7 Å². The van der Waals surface area contributed by atoms with Gasteiger partial charge in [0.2, 0.25) is 0 Å². The average Bonchev–Trinajstić information content (AvgIpc) is 2.50. The maximum absolute atomic E-state index is 13.0. The SMILES string of the molecule is CCN1CCC(C(F)CN)C1. The summed E-state index contributed by atoms with van der Waals surface area (Å²) in [6.07, 6.45) is 0.193. The van der Waals surface area contributed by atoms with E-state index < -0.39 is 6.17 Å². The number of hydrogen-bond acceptors (Lipinski definition) is 2. The molecule has 0 aliphatic carbocycles. The largest absolute Gasteiger partial charge is 0.328 e. The highest BCUT2D eigenvalue weighted by atomic mass is 19.1. The monoisotopic (exact) mass is 160 g/mol. The van der Waals surface area contributed by atoms with E-state index in [1.165, 1.54) is 0 Å². The van der Waals surface area contributed by atoms with Gasteiger partial charge >= 0.3 is 0 Å². The molecule has 0 amide bonds. The van der Waals surface area contributed by atoms with Gasteiger partial charge in [0.25, 0.3) is 0 Å². The van der Waals surface area contributed by atoms with E-state index in [0.29, 0.717) is 0 Å². The third-order valence-corrected chi connectivity index (χ3v) is 2.49. The van der Waals surface area contributed by atoms with Crippen LogP contribution in [0.2, 0.25) is 0 Å². The molecule has 1 saturated heterocycles. The first kappa shape index (κ1) is 8.94. The van der Waals surface area contributed by atoms with Crippen LogP contribution in [0.5, 0.6) is 0 Å². The summed E-state index contributed by atoms with van der Waals surface area (Å²) in [5, 5.41) is 0. The van der Waals surface area contributed by atoms with E-state index in [-0.39, 0.29) is 12.5 Å². The molecule has 0 spiro atoms. The Morgan fingerprint density at radius 1 is 1.73 bits per heavy atom. The number of rotatable bonds is 3. The maximum Gasteiger partial charge on any atom is 0.116 e. The summed E-state index contributed by atoms with van der Waals surface area (Å²) in [5.41, 5.74) is 5.25. The molecule has 0 aromatic heterocycles. The second-order valence-electron chi connectivity index (χ2n) is 3.19. The molecule has 1 rings (SSSR count). The van der Waals surface area contributed by atoms with Crippen molar-refractivity contribution in [3.05, 3.63) is 0 Å². The molecule has 2 unspecified atom stereocenters. The summed E-state index contributed by atoms with van der Waals surface area (Å²) in [7, 11) is 0. The lowest BCUT2D eigenvalue weighted by Crippen LogP contribution is -2.28. The second kappa shape index (κ2) is 4.02. The average molecular weight is 160 g/mol. The molecule has 66 valence electrons. The molecule has 1 aliphatic rings. The van der Waals surface area contributed by atoms with Crippen LogP contribution >= 0.6 is 0 Å². The number of alkyl halides is 1. The van der Waals surface area contributed by atoms with Gasteiger partial charge in [-0.15, -0.1) is 0 Å². The lowest BCUT2D eigenvalue weighted by molar-refractivity contribution is 0.229. The smallest absolute Gasteiger partial charge is 0.116 e. The van der Waals surface area contributed by atoms with Crippen molar-refractivity contribution < 1.29 is 4.39 Å². The first-order chi connectivity index (χ1) is 5.27. The van der Waals surface area contributed by atoms with E-state index in [2.05, 4.69) is 11.8 Å². The molecule has 0 radical (unpaired) electrons. The normalized spacial score (nSPS) is 29.2. The van der Waals surface area contributed by atoms with Gasteiger partial charge < -0.3 is 10.6 Å². The number of likely N-dealkylation sites (tertiary alicyclic amines) is 1. The molecule has 1 fully saturated rings. The van der Waals surface area contributed by atoms with E-state index in [0.717, 1.165) is 26.1 Å². The van der Waals surface area contributed by atoms with Crippen molar-refractivity contribution in [3.63, 3.8) is 0 Å². The number of halogens is 1. The fraction of sp³-hybridized carbons (Fsp3) is 1.00. The zero-order valence-electron chi connectivity index (χ0n) is 7.09. The first-order valence-corrected chi connectivity index (χ1v) is 4.34. The second-order valence-corrected chi connectivity index (χ2v) is 3.19. The van der Waals surface area contributed by atoms with Crippen LogP contribution in [-0.2, 0) is 0 Å². The molecule has 2 N–H and O–H groups in total. The number of nitrogens with two attached hydrogens (primary N) is 1. The van der Waals surface area contributed by atoms with E-state index in [1.807, 2.05) is 0 Å². The minimum Gasteiger partial charge on any atom is -0.328 e. The summed E-state index contributed by atoms with van der Waals surface area (Å²) in [6.45, 7) is 5.27. The Labute approximate surface area is 67.6 Å². The Balaban J connectivity index is 2.29. The minimum atomic E-state index is -0.786. The summed E-state index contributed by atoms with van der Waals surface area (Å²) in [6, 6.07) is 0. The van der Waals surface area contributed by atoms with Gasteiger partial charge in [-0.2, -0.15) is 0 Å². The molecular formula is C8H17FN2.